The Morgan fingerprint density at radius 3 is 2.88 bits per heavy atom. The van der Waals surface area contributed by atoms with Crippen LogP contribution in [0.4, 0.5) is 5.69 Å². The Morgan fingerprint density at radius 2 is 2.08 bits per heavy atom. The first-order chi connectivity index (χ1) is 12.2. The molecule has 0 saturated heterocycles. The molecule has 126 valence electrons. The lowest BCUT2D eigenvalue weighted by atomic mass is 10.2. The number of benzene rings is 1. The fourth-order valence-corrected chi connectivity index (χ4v) is 2.64. The van der Waals surface area contributed by atoms with Crippen LogP contribution in [0.3, 0.4) is 0 Å². The highest BCUT2D eigenvalue weighted by atomic mass is 16.2. The van der Waals surface area contributed by atoms with E-state index in [2.05, 4.69) is 25.9 Å². The summed E-state index contributed by atoms with van der Waals surface area (Å²) in [5.41, 5.74) is 2.29. The number of aryl methyl sites for hydroxylation is 1. The number of aromatic nitrogens is 7. The molecule has 9 heteroatoms. The summed E-state index contributed by atoms with van der Waals surface area (Å²) in [5, 5.41) is 19.1. The third kappa shape index (κ3) is 2.87. The normalized spacial score (nSPS) is 11.1. The number of rotatable bonds is 5. The summed E-state index contributed by atoms with van der Waals surface area (Å²) in [4.78, 5) is 12.2. The molecule has 0 aliphatic rings. The van der Waals surface area contributed by atoms with Crippen molar-refractivity contribution in [3.8, 4) is 5.69 Å². The zero-order valence-electron chi connectivity index (χ0n) is 13.6. The van der Waals surface area contributed by atoms with E-state index in [4.69, 9.17) is 0 Å². The van der Waals surface area contributed by atoms with Crippen LogP contribution in [-0.4, -0.2) is 40.9 Å². The Bertz CT molecular complexity index is 1080. The van der Waals surface area contributed by atoms with Gasteiger partial charge in [-0.15, -0.1) is 10.2 Å². The lowest BCUT2D eigenvalue weighted by Gasteiger charge is -2.08. The summed E-state index contributed by atoms with van der Waals surface area (Å²) in [7, 11) is 0. The van der Waals surface area contributed by atoms with E-state index in [0.29, 0.717) is 24.6 Å². The molecule has 0 saturated carbocycles. The SMILES string of the molecule is Cc1nnnn1-c1cccc(NCCn2nc3ccccn3c2=O)c1. The highest BCUT2D eigenvalue weighted by Gasteiger charge is 2.06. The minimum atomic E-state index is -0.143. The molecule has 4 aromatic rings. The molecule has 3 heterocycles. The van der Waals surface area contributed by atoms with Gasteiger partial charge in [-0.25, -0.2) is 9.48 Å². The second-order valence-corrected chi connectivity index (χ2v) is 5.55. The average Bonchev–Trinajstić information content (AvgIpc) is 3.20. The summed E-state index contributed by atoms with van der Waals surface area (Å²) in [6.45, 7) is 2.88. The van der Waals surface area contributed by atoms with Gasteiger partial charge in [0.05, 0.1) is 12.2 Å². The molecule has 0 aliphatic heterocycles. The number of nitrogens with one attached hydrogen (secondary N) is 1. The van der Waals surface area contributed by atoms with Crippen LogP contribution in [0.25, 0.3) is 11.3 Å². The van der Waals surface area contributed by atoms with Crippen molar-refractivity contribution < 1.29 is 0 Å². The van der Waals surface area contributed by atoms with Crippen LogP contribution in [0.2, 0.25) is 0 Å². The summed E-state index contributed by atoms with van der Waals surface area (Å²) in [6.07, 6.45) is 1.71. The average molecular weight is 336 g/mol. The van der Waals surface area contributed by atoms with Gasteiger partial charge in [-0.1, -0.05) is 12.1 Å². The van der Waals surface area contributed by atoms with Gasteiger partial charge in [-0.3, -0.25) is 4.40 Å². The predicted octanol–water partition coefficient (Wildman–Crippen LogP) is 0.892. The molecule has 0 aliphatic carbocycles. The number of nitrogens with zero attached hydrogens (tertiary/aromatic N) is 7. The number of fused-ring (bicyclic) bond motifs is 1. The molecule has 0 unspecified atom stereocenters. The second kappa shape index (κ2) is 6.19. The van der Waals surface area contributed by atoms with Crippen molar-refractivity contribution in [2.75, 3.05) is 11.9 Å². The van der Waals surface area contributed by atoms with Gasteiger partial charge in [0.1, 0.15) is 0 Å². The molecule has 0 atom stereocenters. The molecule has 3 aromatic heterocycles. The van der Waals surface area contributed by atoms with Gasteiger partial charge < -0.3 is 5.32 Å². The van der Waals surface area contributed by atoms with Gasteiger partial charge in [0.25, 0.3) is 0 Å². The molecule has 0 spiro atoms. The molecular formula is C16H16N8O. The first kappa shape index (κ1) is 15.1. The van der Waals surface area contributed by atoms with Crippen molar-refractivity contribution in [1.29, 1.82) is 0 Å². The molecule has 1 aromatic carbocycles. The van der Waals surface area contributed by atoms with Crippen LogP contribution >= 0.6 is 0 Å². The molecule has 0 fully saturated rings. The number of pyridine rings is 1. The summed E-state index contributed by atoms with van der Waals surface area (Å²) >= 11 is 0. The summed E-state index contributed by atoms with van der Waals surface area (Å²) < 4.78 is 4.65. The maximum absolute atomic E-state index is 12.2. The molecule has 4 rings (SSSR count). The molecule has 1 N–H and O–H groups in total. The van der Waals surface area contributed by atoms with Crippen molar-refractivity contribution in [1.82, 2.24) is 34.4 Å². The highest BCUT2D eigenvalue weighted by molar-refractivity contribution is 5.50. The van der Waals surface area contributed by atoms with Gasteiger partial charge in [0.2, 0.25) is 0 Å². The zero-order chi connectivity index (χ0) is 17.2. The number of tetrazole rings is 1. The van der Waals surface area contributed by atoms with Gasteiger partial charge in [-0.2, -0.15) is 4.68 Å². The van der Waals surface area contributed by atoms with Gasteiger partial charge in [0.15, 0.2) is 11.5 Å². The quantitative estimate of drug-likeness (QED) is 0.582. The van der Waals surface area contributed by atoms with Crippen LogP contribution in [-0.2, 0) is 6.54 Å². The summed E-state index contributed by atoms with van der Waals surface area (Å²) in [5.74, 6) is 0.716. The Kier molecular flexibility index (Phi) is 3.73. The standard InChI is InChI=1S/C16H16N8O/c1-12-18-20-21-24(12)14-6-4-5-13(11-14)17-8-10-23-16(25)22-9-3-2-7-15(22)19-23/h2-7,9,11,17H,8,10H2,1H3. The highest BCUT2D eigenvalue weighted by Crippen LogP contribution is 2.14. The van der Waals surface area contributed by atoms with Crippen LogP contribution in [0, 0.1) is 6.92 Å². The van der Waals surface area contributed by atoms with Crippen LogP contribution in [0.5, 0.6) is 0 Å². The smallest absolute Gasteiger partial charge is 0.350 e. The van der Waals surface area contributed by atoms with E-state index < -0.39 is 0 Å². The maximum Gasteiger partial charge on any atom is 0.350 e. The van der Waals surface area contributed by atoms with E-state index in [0.717, 1.165) is 11.4 Å². The van der Waals surface area contributed by atoms with Crippen LogP contribution < -0.4 is 11.0 Å². The first-order valence-corrected chi connectivity index (χ1v) is 7.86. The van der Waals surface area contributed by atoms with Crippen molar-refractivity contribution in [2.45, 2.75) is 13.5 Å². The topological polar surface area (TPSA) is 94.9 Å². The zero-order valence-corrected chi connectivity index (χ0v) is 13.6. The number of hydrogen-bond donors (Lipinski definition) is 1. The molecule has 25 heavy (non-hydrogen) atoms. The van der Waals surface area contributed by atoms with E-state index in [1.165, 1.54) is 9.08 Å². The van der Waals surface area contributed by atoms with E-state index in [9.17, 15) is 4.79 Å². The van der Waals surface area contributed by atoms with E-state index in [1.54, 1.807) is 10.9 Å². The second-order valence-electron chi connectivity index (χ2n) is 5.55. The van der Waals surface area contributed by atoms with Crippen molar-refractivity contribution in [2.24, 2.45) is 0 Å². The van der Waals surface area contributed by atoms with Crippen LogP contribution in [0.1, 0.15) is 5.82 Å². The fourth-order valence-electron chi connectivity index (χ4n) is 2.64. The van der Waals surface area contributed by atoms with Crippen molar-refractivity contribution >= 4 is 11.3 Å². The molecule has 9 nitrogen and oxygen atoms in total. The van der Waals surface area contributed by atoms with Crippen molar-refractivity contribution in [3.05, 3.63) is 65.0 Å². The van der Waals surface area contributed by atoms with Gasteiger partial charge >= 0.3 is 5.69 Å². The van der Waals surface area contributed by atoms with Crippen LogP contribution in [0.15, 0.2) is 53.5 Å². The van der Waals surface area contributed by atoms with E-state index >= 15 is 0 Å². The third-order valence-corrected chi connectivity index (χ3v) is 3.86. The fraction of sp³-hybridized carbons (Fsp3) is 0.188. The third-order valence-electron chi connectivity index (χ3n) is 3.86. The number of hydrogen-bond acceptors (Lipinski definition) is 6. The van der Waals surface area contributed by atoms with Crippen molar-refractivity contribution in [3.63, 3.8) is 0 Å². The maximum atomic E-state index is 12.2. The van der Waals surface area contributed by atoms with Gasteiger partial charge in [0, 0.05) is 18.4 Å². The first-order valence-electron chi connectivity index (χ1n) is 7.86. The molecule has 0 radical (unpaired) electrons. The minimum Gasteiger partial charge on any atom is -0.383 e. The Labute approximate surface area is 142 Å². The van der Waals surface area contributed by atoms with E-state index in [1.807, 2.05) is 49.4 Å². The minimum absolute atomic E-state index is 0.143. The molecule has 0 bridgehead atoms. The Balaban J connectivity index is 1.47. The molecule has 0 amide bonds. The monoisotopic (exact) mass is 336 g/mol. The molecular weight excluding hydrogens is 320 g/mol. The lowest BCUT2D eigenvalue weighted by molar-refractivity contribution is 0.614. The predicted molar refractivity (Wildman–Crippen MR) is 91.8 cm³/mol. The van der Waals surface area contributed by atoms with Gasteiger partial charge in [-0.05, 0) is 47.7 Å². The lowest BCUT2D eigenvalue weighted by Crippen LogP contribution is -2.24. The van der Waals surface area contributed by atoms with E-state index in [-0.39, 0.29) is 5.69 Å². The Hall–Kier alpha value is -3.49. The summed E-state index contributed by atoms with van der Waals surface area (Å²) in [6, 6.07) is 13.2. The Morgan fingerprint density at radius 1 is 1.16 bits per heavy atom. The number of anilines is 1. The largest absolute Gasteiger partial charge is 0.383 e.